The molecule has 6 atom stereocenters. The number of carbonyl (C=O) groups excluding carboxylic acids is 5. The Morgan fingerprint density at radius 1 is 0.679 bits per heavy atom. The van der Waals surface area contributed by atoms with E-state index in [1.807, 2.05) is 48.5 Å². The Bertz CT molecular complexity index is 1800. The van der Waals surface area contributed by atoms with E-state index in [9.17, 15) is 33.9 Å². The summed E-state index contributed by atoms with van der Waals surface area (Å²) in [6, 6.07) is 20.4. The van der Waals surface area contributed by atoms with Crippen molar-refractivity contribution in [3.05, 3.63) is 89.5 Å². The number of nitrogens with one attached hydrogen (secondary N) is 1. The summed E-state index contributed by atoms with van der Waals surface area (Å²) in [7, 11) is 0. The maximum Gasteiger partial charge on any atom is 0.407 e. The van der Waals surface area contributed by atoms with Crippen LogP contribution in [0.5, 0.6) is 5.75 Å². The van der Waals surface area contributed by atoms with E-state index in [-0.39, 0.29) is 24.7 Å². The summed E-state index contributed by atoms with van der Waals surface area (Å²) in [5.41, 5.74) is 4.65. The van der Waals surface area contributed by atoms with Crippen molar-refractivity contribution >= 4 is 35.9 Å². The highest BCUT2D eigenvalue weighted by molar-refractivity contribution is 5.81. The Kier molecular flexibility index (Phi) is 12.3. The Morgan fingerprint density at radius 3 is 1.77 bits per heavy atom. The van der Waals surface area contributed by atoms with Gasteiger partial charge in [0.2, 0.25) is 12.4 Å². The quantitative estimate of drug-likeness (QED) is 0.190. The molecule has 53 heavy (non-hydrogen) atoms. The zero-order valence-corrected chi connectivity index (χ0v) is 29.3. The number of aliphatic carboxylic acids is 1. The van der Waals surface area contributed by atoms with E-state index in [0.29, 0.717) is 5.56 Å². The second-order valence-corrected chi connectivity index (χ2v) is 12.4. The number of carbonyl (C=O) groups is 6. The third-order valence-electron chi connectivity index (χ3n) is 8.50. The van der Waals surface area contributed by atoms with Crippen LogP contribution in [-0.4, -0.2) is 91.0 Å². The monoisotopic (exact) mass is 733 g/mol. The van der Waals surface area contributed by atoms with E-state index in [2.05, 4.69) is 5.32 Å². The molecule has 1 fully saturated rings. The molecule has 0 unspecified atom stereocenters. The molecule has 2 aliphatic rings. The van der Waals surface area contributed by atoms with E-state index in [4.69, 9.17) is 33.2 Å². The van der Waals surface area contributed by atoms with Crippen LogP contribution in [0.3, 0.4) is 0 Å². The maximum absolute atomic E-state index is 12.8. The molecular weight excluding hydrogens is 694 g/mol. The summed E-state index contributed by atoms with van der Waals surface area (Å²) >= 11 is 0. The molecule has 1 saturated heterocycles. The van der Waals surface area contributed by atoms with Crippen molar-refractivity contribution in [2.75, 3.05) is 13.2 Å². The SMILES string of the molecule is CC(=O)OC[C@@H]1O[C@@H](Oc2ccc(C[C@H](NC(=O)OCC3c4ccccc4-c4ccccc43)C(=O)O)cc2)[C@H](OC(C)=O)[C@@H](OC(C)=O)[C@H]1OC(C)=O. The molecule has 5 rings (SSSR count). The van der Waals surface area contributed by atoms with Crippen molar-refractivity contribution in [3.63, 3.8) is 0 Å². The number of fused-ring (bicyclic) bond motifs is 3. The first-order chi connectivity index (χ1) is 25.3. The van der Waals surface area contributed by atoms with Crippen LogP contribution < -0.4 is 10.1 Å². The van der Waals surface area contributed by atoms with E-state index >= 15 is 0 Å². The van der Waals surface area contributed by atoms with Crippen LogP contribution in [0.25, 0.3) is 11.1 Å². The molecule has 0 bridgehead atoms. The van der Waals surface area contributed by atoms with Crippen LogP contribution in [0.4, 0.5) is 4.79 Å². The van der Waals surface area contributed by atoms with Gasteiger partial charge >= 0.3 is 35.9 Å². The highest BCUT2D eigenvalue weighted by Gasteiger charge is 2.53. The number of carboxylic acid groups (broad SMARTS) is 1. The first kappa shape index (κ1) is 38.3. The molecule has 2 N–H and O–H groups in total. The Morgan fingerprint density at radius 2 is 1.23 bits per heavy atom. The topological polar surface area (TPSA) is 199 Å². The summed E-state index contributed by atoms with van der Waals surface area (Å²) < 4.78 is 38.8. The van der Waals surface area contributed by atoms with Gasteiger partial charge in [0.05, 0.1) is 0 Å². The number of carboxylic acids is 1. The van der Waals surface area contributed by atoms with Crippen molar-refractivity contribution in [2.45, 2.75) is 76.8 Å². The zero-order chi connectivity index (χ0) is 38.2. The number of amides is 1. The van der Waals surface area contributed by atoms with Gasteiger partial charge in [0.25, 0.3) is 0 Å². The Labute approximate surface area is 304 Å². The Hall–Kier alpha value is -5.96. The number of hydrogen-bond acceptors (Lipinski definition) is 13. The van der Waals surface area contributed by atoms with E-state index in [1.54, 1.807) is 12.1 Å². The van der Waals surface area contributed by atoms with E-state index in [1.165, 1.54) is 12.1 Å². The summed E-state index contributed by atoms with van der Waals surface area (Å²) in [5, 5.41) is 12.3. The van der Waals surface area contributed by atoms with Crippen molar-refractivity contribution in [1.29, 1.82) is 0 Å². The van der Waals surface area contributed by atoms with Gasteiger partial charge in [0.1, 0.15) is 31.1 Å². The molecule has 15 nitrogen and oxygen atoms in total. The maximum atomic E-state index is 12.8. The van der Waals surface area contributed by atoms with Gasteiger partial charge in [-0.1, -0.05) is 60.7 Å². The first-order valence-corrected chi connectivity index (χ1v) is 16.7. The molecular formula is C38H39NO14. The van der Waals surface area contributed by atoms with Gasteiger partial charge in [-0.2, -0.15) is 0 Å². The number of rotatable bonds is 13. The predicted octanol–water partition coefficient (Wildman–Crippen LogP) is 3.68. The molecule has 0 spiro atoms. The van der Waals surface area contributed by atoms with Gasteiger partial charge in [-0.15, -0.1) is 0 Å². The summed E-state index contributed by atoms with van der Waals surface area (Å²) in [5.74, 6) is -4.34. The van der Waals surface area contributed by atoms with Crippen molar-refractivity contribution < 1.29 is 67.0 Å². The highest BCUT2D eigenvalue weighted by atomic mass is 16.7. The van der Waals surface area contributed by atoms with Gasteiger partial charge in [-0.25, -0.2) is 9.59 Å². The summed E-state index contributed by atoms with van der Waals surface area (Å²) in [6.07, 6.45) is -7.86. The third-order valence-corrected chi connectivity index (χ3v) is 8.50. The molecule has 3 aromatic carbocycles. The molecule has 0 aromatic heterocycles. The lowest BCUT2D eigenvalue weighted by molar-refractivity contribution is -0.288. The summed E-state index contributed by atoms with van der Waals surface area (Å²) in [4.78, 5) is 72.8. The second-order valence-electron chi connectivity index (χ2n) is 12.4. The fourth-order valence-electron chi connectivity index (χ4n) is 6.34. The molecule has 1 amide bonds. The standard InChI is InChI=1S/C38H39NO14/c1-20(40)47-19-32-33(49-21(2)41)34(50-22(3)42)35(51-23(4)43)37(53-32)52-25-15-13-24(14-16-25)17-31(36(44)45)39-38(46)48-18-30-28-11-7-5-9-26(28)27-10-6-8-12-29(27)30/h5-16,30-35,37H,17-19H2,1-4H3,(H,39,46)(H,44,45)/t31-,32-,33-,34-,35+,37+/m0/s1. The number of esters is 4. The van der Waals surface area contributed by atoms with Crippen molar-refractivity contribution in [1.82, 2.24) is 5.32 Å². The van der Waals surface area contributed by atoms with Crippen LogP contribution >= 0.6 is 0 Å². The van der Waals surface area contributed by atoms with Crippen LogP contribution in [0, 0.1) is 0 Å². The predicted molar refractivity (Wildman–Crippen MR) is 182 cm³/mol. The van der Waals surface area contributed by atoms with E-state index < -0.39 is 79.3 Å². The smallest absolute Gasteiger partial charge is 0.407 e. The van der Waals surface area contributed by atoms with Gasteiger partial charge < -0.3 is 43.6 Å². The first-order valence-electron chi connectivity index (χ1n) is 16.7. The minimum Gasteiger partial charge on any atom is -0.480 e. The molecule has 1 aliphatic carbocycles. The molecule has 280 valence electrons. The van der Waals surface area contributed by atoms with Gasteiger partial charge in [-0.05, 0) is 39.9 Å². The number of alkyl carbamates (subject to hydrolysis) is 1. The van der Waals surface area contributed by atoms with E-state index in [0.717, 1.165) is 49.9 Å². The highest BCUT2D eigenvalue weighted by Crippen LogP contribution is 2.44. The molecule has 15 heteroatoms. The van der Waals surface area contributed by atoms with Gasteiger partial charge in [0.15, 0.2) is 12.2 Å². The fraction of sp³-hybridized carbons (Fsp3) is 0.368. The number of benzene rings is 3. The van der Waals surface area contributed by atoms with Crippen LogP contribution in [0.2, 0.25) is 0 Å². The van der Waals surface area contributed by atoms with Gasteiger partial charge in [0, 0.05) is 40.0 Å². The fourth-order valence-corrected chi connectivity index (χ4v) is 6.34. The average molecular weight is 734 g/mol. The second kappa shape index (κ2) is 17.0. The average Bonchev–Trinajstić information content (AvgIpc) is 3.42. The number of ether oxygens (including phenoxy) is 7. The lowest BCUT2D eigenvalue weighted by Crippen LogP contribution is -2.63. The summed E-state index contributed by atoms with van der Waals surface area (Å²) in [6.45, 7) is 4.07. The molecule has 1 aliphatic heterocycles. The lowest BCUT2D eigenvalue weighted by atomic mass is 9.98. The largest absolute Gasteiger partial charge is 0.480 e. The van der Waals surface area contributed by atoms with Crippen LogP contribution in [0.1, 0.15) is 50.3 Å². The zero-order valence-electron chi connectivity index (χ0n) is 29.3. The molecule has 3 aromatic rings. The minimum absolute atomic E-state index is 0.0114. The molecule has 0 saturated carbocycles. The van der Waals surface area contributed by atoms with Gasteiger partial charge in [-0.3, -0.25) is 19.2 Å². The minimum atomic E-state index is -1.46. The van der Waals surface area contributed by atoms with Crippen LogP contribution in [-0.2, 0) is 58.8 Å². The molecule has 0 radical (unpaired) electrons. The Balaban J connectivity index is 1.26. The van der Waals surface area contributed by atoms with Crippen molar-refractivity contribution in [2.24, 2.45) is 0 Å². The lowest BCUT2D eigenvalue weighted by Gasteiger charge is -2.43. The normalized spacial score (nSPS) is 20.8. The van der Waals surface area contributed by atoms with Crippen LogP contribution in [0.15, 0.2) is 72.8 Å². The van der Waals surface area contributed by atoms with Crippen molar-refractivity contribution in [3.8, 4) is 16.9 Å². The molecule has 1 heterocycles. The number of hydrogen-bond donors (Lipinski definition) is 2. The third kappa shape index (κ3) is 9.68.